The topological polar surface area (TPSA) is 50.7 Å². The smallest absolute Gasteiger partial charge is 0.188 e. The second kappa shape index (κ2) is 5.33. The van der Waals surface area contributed by atoms with Gasteiger partial charge in [-0.05, 0) is 24.7 Å². The number of nitrogens with zero attached hydrogens (tertiary/aromatic N) is 3. The Hall–Kier alpha value is -1.36. The third-order valence-electron chi connectivity index (χ3n) is 2.75. The molecule has 1 N–H and O–H groups in total. The number of rotatable bonds is 3. The molecule has 2 heterocycles. The molecule has 0 atom stereocenters. The summed E-state index contributed by atoms with van der Waals surface area (Å²) >= 11 is 1.55. The van der Waals surface area contributed by atoms with E-state index in [-0.39, 0.29) is 5.41 Å². The highest BCUT2D eigenvalue weighted by atomic mass is 32.2. The lowest BCUT2D eigenvalue weighted by Crippen LogP contribution is -2.19. The molecule has 0 bridgehead atoms. The van der Waals surface area contributed by atoms with E-state index >= 15 is 0 Å². The van der Waals surface area contributed by atoms with E-state index in [4.69, 9.17) is 0 Å². The summed E-state index contributed by atoms with van der Waals surface area (Å²) in [6.45, 7) is 9.45. The highest BCUT2D eigenvalue weighted by Crippen LogP contribution is 2.24. The molecular formula is C14H20N4S. The molecule has 0 fully saturated rings. The molecule has 0 aliphatic carbocycles. The monoisotopic (exact) mass is 276 g/mol. The van der Waals surface area contributed by atoms with Gasteiger partial charge >= 0.3 is 0 Å². The van der Waals surface area contributed by atoms with Gasteiger partial charge in [-0.25, -0.2) is 15.0 Å². The Labute approximate surface area is 118 Å². The van der Waals surface area contributed by atoms with Gasteiger partial charge in [0.2, 0.25) is 0 Å². The van der Waals surface area contributed by atoms with Crippen molar-refractivity contribution < 1.29 is 0 Å². The summed E-state index contributed by atoms with van der Waals surface area (Å²) in [7, 11) is 0. The van der Waals surface area contributed by atoms with Gasteiger partial charge in [-0.3, -0.25) is 0 Å². The Morgan fingerprint density at radius 3 is 2.63 bits per heavy atom. The van der Waals surface area contributed by atoms with Crippen molar-refractivity contribution in [2.45, 2.75) is 32.9 Å². The number of pyridine rings is 1. The minimum Gasteiger partial charge on any atom is -0.368 e. The maximum atomic E-state index is 4.58. The van der Waals surface area contributed by atoms with Crippen molar-refractivity contribution in [2.75, 3.05) is 18.1 Å². The van der Waals surface area contributed by atoms with Gasteiger partial charge in [0.25, 0.3) is 0 Å². The first-order valence-corrected chi connectivity index (χ1v) is 7.54. The molecule has 0 aliphatic heterocycles. The maximum absolute atomic E-state index is 4.58. The molecule has 5 heteroatoms. The number of nitrogens with one attached hydrogen (secondary N) is 1. The average molecular weight is 276 g/mol. The zero-order valence-electron chi connectivity index (χ0n) is 12.1. The summed E-state index contributed by atoms with van der Waals surface area (Å²) in [4.78, 5) is 13.5. The minimum atomic E-state index is 0.203. The van der Waals surface area contributed by atoms with Crippen LogP contribution in [0.5, 0.6) is 0 Å². The van der Waals surface area contributed by atoms with E-state index in [1.807, 2.05) is 25.4 Å². The number of fused-ring (bicyclic) bond motifs is 1. The van der Waals surface area contributed by atoms with Crippen LogP contribution in [0.3, 0.4) is 0 Å². The van der Waals surface area contributed by atoms with Gasteiger partial charge < -0.3 is 5.32 Å². The van der Waals surface area contributed by atoms with Gasteiger partial charge in [-0.2, -0.15) is 0 Å². The molecule has 0 amide bonds. The van der Waals surface area contributed by atoms with Gasteiger partial charge in [-0.15, -0.1) is 0 Å². The lowest BCUT2D eigenvalue weighted by molar-refractivity contribution is 0.442. The molecule has 4 nitrogen and oxygen atoms in total. The molecule has 0 saturated heterocycles. The van der Waals surface area contributed by atoms with Crippen LogP contribution in [-0.2, 0) is 0 Å². The third-order valence-corrected chi connectivity index (χ3v) is 3.30. The molecule has 19 heavy (non-hydrogen) atoms. The minimum absolute atomic E-state index is 0.203. The van der Waals surface area contributed by atoms with Crippen LogP contribution in [0.2, 0.25) is 0 Å². The first-order valence-electron chi connectivity index (χ1n) is 6.32. The summed E-state index contributed by atoms with van der Waals surface area (Å²) in [5, 5.41) is 5.24. The second-order valence-electron chi connectivity index (χ2n) is 5.77. The highest BCUT2D eigenvalue weighted by Gasteiger charge is 2.13. The summed E-state index contributed by atoms with van der Waals surface area (Å²) in [6.07, 6.45) is 3.79. The zero-order chi connectivity index (χ0) is 14.0. The van der Waals surface area contributed by atoms with Crippen LogP contribution >= 0.6 is 11.8 Å². The Morgan fingerprint density at radius 1 is 1.26 bits per heavy atom. The summed E-state index contributed by atoms with van der Waals surface area (Å²) in [5.74, 6) is 0.841. The van der Waals surface area contributed by atoms with Crippen molar-refractivity contribution >= 4 is 28.5 Å². The quantitative estimate of drug-likeness (QED) is 0.686. The van der Waals surface area contributed by atoms with Gasteiger partial charge in [0.1, 0.15) is 5.52 Å². The SMILES string of the molecule is CSc1nc(C)c2ccnc(NCC(C)(C)C)c2n1. The number of hydrogen-bond donors (Lipinski definition) is 1. The van der Waals surface area contributed by atoms with E-state index in [1.54, 1.807) is 11.8 Å². The maximum Gasteiger partial charge on any atom is 0.188 e. The third kappa shape index (κ3) is 3.35. The predicted molar refractivity (Wildman–Crippen MR) is 81.8 cm³/mol. The molecule has 102 valence electrons. The number of aryl methyl sites for hydroxylation is 1. The van der Waals surface area contributed by atoms with Gasteiger partial charge in [0, 0.05) is 23.8 Å². The van der Waals surface area contributed by atoms with Crippen LogP contribution in [-0.4, -0.2) is 27.8 Å². The largest absolute Gasteiger partial charge is 0.368 e. The molecule has 0 spiro atoms. The van der Waals surface area contributed by atoms with Crippen molar-refractivity contribution in [3.05, 3.63) is 18.0 Å². The molecule has 0 aromatic carbocycles. The van der Waals surface area contributed by atoms with Crippen LogP contribution in [0.25, 0.3) is 10.9 Å². The predicted octanol–water partition coefficient (Wildman–Crippen LogP) is 3.51. The van der Waals surface area contributed by atoms with Crippen LogP contribution in [0.1, 0.15) is 26.5 Å². The zero-order valence-corrected chi connectivity index (χ0v) is 12.9. The van der Waals surface area contributed by atoms with Crippen molar-refractivity contribution in [3.63, 3.8) is 0 Å². The molecule has 2 aromatic heterocycles. The van der Waals surface area contributed by atoms with E-state index in [9.17, 15) is 0 Å². The van der Waals surface area contributed by atoms with Crippen LogP contribution in [0.4, 0.5) is 5.82 Å². The fourth-order valence-electron chi connectivity index (χ4n) is 1.75. The van der Waals surface area contributed by atoms with Crippen LogP contribution in [0.15, 0.2) is 17.4 Å². The molecule has 0 unspecified atom stereocenters. The van der Waals surface area contributed by atoms with Gasteiger partial charge in [-0.1, -0.05) is 32.5 Å². The van der Waals surface area contributed by atoms with Gasteiger partial charge in [0.15, 0.2) is 11.0 Å². The fourth-order valence-corrected chi connectivity index (χ4v) is 2.16. The lowest BCUT2D eigenvalue weighted by Gasteiger charge is -2.19. The van der Waals surface area contributed by atoms with E-state index in [0.717, 1.165) is 34.1 Å². The Kier molecular flexibility index (Phi) is 3.94. The molecular weight excluding hydrogens is 256 g/mol. The second-order valence-corrected chi connectivity index (χ2v) is 6.54. The molecule has 2 rings (SSSR count). The molecule has 0 aliphatic rings. The highest BCUT2D eigenvalue weighted by molar-refractivity contribution is 7.98. The fraction of sp³-hybridized carbons (Fsp3) is 0.500. The van der Waals surface area contributed by atoms with E-state index in [1.165, 1.54) is 0 Å². The van der Waals surface area contributed by atoms with Crippen molar-refractivity contribution in [1.82, 2.24) is 15.0 Å². The Balaban J connectivity index is 2.46. The summed E-state index contributed by atoms with van der Waals surface area (Å²) in [6, 6.07) is 1.97. The van der Waals surface area contributed by atoms with E-state index < -0.39 is 0 Å². The van der Waals surface area contributed by atoms with E-state index in [2.05, 4.69) is 41.0 Å². The van der Waals surface area contributed by atoms with Crippen molar-refractivity contribution in [2.24, 2.45) is 5.41 Å². The Bertz CT molecular complexity index is 590. The molecule has 0 radical (unpaired) electrons. The van der Waals surface area contributed by atoms with E-state index in [0.29, 0.717) is 0 Å². The Morgan fingerprint density at radius 2 is 2.00 bits per heavy atom. The standard InChI is InChI=1S/C14H20N4S/c1-9-10-6-7-15-12(16-8-14(2,3)4)11(10)18-13(17-9)19-5/h6-7H,8H2,1-5H3,(H,15,16). The molecule has 0 saturated carbocycles. The lowest BCUT2D eigenvalue weighted by atomic mass is 9.97. The number of aromatic nitrogens is 3. The van der Waals surface area contributed by atoms with Gasteiger partial charge in [0.05, 0.1) is 0 Å². The summed E-state index contributed by atoms with van der Waals surface area (Å²) in [5.41, 5.74) is 2.10. The van der Waals surface area contributed by atoms with Crippen LogP contribution in [0, 0.1) is 12.3 Å². The van der Waals surface area contributed by atoms with Crippen molar-refractivity contribution in [1.29, 1.82) is 0 Å². The average Bonchev–Trinajstić information content (AvgIpc) is 2.35. The number of anilines is 1. The first-order chi connectivity index (χ1) is 8.90. The van der Waals surface area contributed by atoms with Crippen molar-refractivity contribution in [3.8, 4) is 0 Å². The first kappa shape index (κ1) is 14.1. The number of hydrogen-bond acceptors (Lipinski definition) is 5. The normalized spacial score (nSPS) is 11.8. The van der Waals surface area contributed by atoms with Crippen LogP contribution < -0.4 is 5.32 Å². The number of thioether (sulfide) groups is 1. The summed E-state index contributed by atoms with van der Waals surface area (Å²) < 4.78 is 0. The molecule has 2 aromatic rings.